The topological polar surface area (TPSA) is 20.2 Å². The Morgan fingerprint density at radius 1 is 1.17 bits per heavy atom. The zero-order valence-corrected chi connectivity index (χ0v) is 11.3. The van der Waals surface area contributed by atoms with E-state index in [0.29, 0.717) is 11.7 Å². The fourth-order valence-corrected chi connectivity index (χ4v) is 2.73. The van der Waals surface area contributed by atoms with Gasteiger partial charge in [-0.2, -0.15) is 0 Å². The number of phenolic OH excluding ortho intramolecular Hbond substituents is 1. The van der Waals surface area contributed by atoms with Gasteiger partial charge in [-0.25, -0.2) is 0 Å². The first-order valence-electron chi connectivity index (χ1n) is 3.70. The number of phenols is 1. The van der Waals surface area contributed by atoms with Gasteiger partial charge in [0.2, 0.25) is 0 Å². The summed E-state index contributed by atoms with van der Waals surface area (Å²) in [4.78, 5) is 0. The van der Waals surface area contributed by atoms with Crippen LogP contribution in [0.5, 0.6) is 5.75 Å². The van der Waals surface area contributed by atoms with Gasteiger partial charge in [-0.15, -0.1) is 0 Å². The van der Waals surface area contributed by atoms with Gasteiger partial charge >= 0.3 is 0 Å². The first-order chi connectivity index (χ1) is 5.52. The SMILES string of the molecule is CC(C)c1cc(I)c(O)c(I)c1. The lowest BCUT2D eigenvalue weighted by atomic mass is 10.0. The van der Waals surface area contributed by atoms with E-state index in [-0.39, 0.29) is 0 Å². The van der Waals surface area contributed by atoms with Gasteiger partial charge in [0.05, 0.1) is 7.14 Å². The highest BCUT2D eigenvalue weighted by molar-refractivity contribution is 14.1. The molecule has 0 aliphatic carbocycles. The van der Waals surface area contributed by atoms with Crippen molar-refractivity contribution >= 4 is 45.2 Å². The largest absolute Gasteiger partial charge is 0.506 e. The molecule has 1 rings (SSSR count). The quantitative estimate of drug-likeness (QED) is 0.728. The fraction of sp³-hybridized carbons (Fsp3) is 0.333. The molecule has 0 saturated carbocycles. The van der Waals surface area contributed by atoms with Crippen LogP contribution in [0.1, 0.15) is 25.3 Å². The molecule has 0 fully saturated rings. The van der Waals surface area contributed by atoms with E-state index in [1.54, 1.807) is 0 Å². The number of aromatic hydroxyl groups is 1. The maximum Gasteiger partial charge on any atom is 0.142 e. The summed E-state index contributed by atoms with van der Waals surface area (Å²) in [5, 5.41) is 9.50. The number of benzene rings is 1. The van der Waals surface area contributed by atoms with E-state index in [2.05, 4.69) is 59.0 Å². The lowest BCUT2D eigenvalue weighted by molar-refractivity contribution is 0.467. The van der Waals surface area contributed by atoms with E-state index in [1.807, 2.05) is 12.1 Å². The highest BCUT2D eigenvalue weighted by Gasteiger charge is 2.07. The van der Waals surface area contributed by atoms with Crippen molar-refractivity contribution < 1.29 is 5.11 Å². The summed E-state index contributed by atoms with van der Waals surface area (Å²) in [6.45, 7) is 4.30. The van der Waals surface area contributed by atoms with Crippen molar-refractivity contribution in [3.63, 3.8) is 0 Å². The number of hydrogen-bond donors (Lipinski definition) is 1. The minimum absolute atomic E-state index is 0.403. The Kier molecular flexibility index (Phi) is 3.63. The molecule has 0 unspecified atom stereocenters. The Morgan fingerprint density at radius 2 is 1.58 bits per heavy atom. The Morgan fingerprint density at radius 3 is 1.92 bits per heavy atom. The van der Waals surface area contributed by atoms with E-state index in [4.69, 9.17) is 0 Å². The minimum atomic E-state index is 0.403. The molecule has 1 N–H and O–H groups in total. The molecular weight excluding hydrogens is 378 g/mol. The van der Waals surface area contributed by atoms with Crippen LogP contribution in [0, 0.1) is 7.14 Å². The second-order valence-electron chi connectivity index (χ2n) is 2.99. The van der Waals surface area contributed by atoms with Crippen molar-refractivity contribution in [1.29, 1.82) is 0 Å². The molecule has 66 valence electrons. The van der Waals surface area contributed by atoms with Gasteiger partial charge in [0.1, 0.15) is 5.75 Å². The molecule has 3 heteroatoms. The van der Waals surface area contributed by atoms with Gasteiger partial charge in [-0.3, -0.25) is 0 Å². The smallest absolute Gasteiger partial charge is 0.142 e. The number of halogens is 2. The van der Waals surface area contributed by atoms with Crippen LogP contribution in [0.3, 0.4) is 0 Å². The van der Waals surface area contributed by atoms with Crippen molar-refractivity contribution in [2.24, 2.45) is 0 Å². The van der Waals surface area contributed by atoms with E-state index in [9.17, 15) is 5.11 Å². The summed E-state index contributed by atoms with van der Waals surface area (Å²) < 4.78 is 1.87. The Hall–Kier alpha value is 0.480. The van der Waals surface area contributed by atoms with Gasteiger partial charge in [0.25, 0.3) is 0 Å². The molecule has 12 heavy (non-hydrogen) atoms. The van der Waals surface area contributed by atoms with Crippen molar-refractivity contribution in [2.45, 2.75) is 19.8 Å². The van der Waals surface area contributed by atoms with E-state index >= 15 is 0 Å². The molecule has 0 atom stereocenters. The average Bonchev–Trinajstić information content (AvgIpc) is 1.99. The highest BCUT2D eigenvalue weighted by atomic mass is 127. The van der Waals surface area contributed by atoms with Crippen LogP contribution in [-0.4, -0.2) is 5.11 Å². The zero-order valence-electron chi connectivity index (χ0n) is 6.94. The van der Waals surface area contributed by atoms with E-state index < -0.39 is 0 Å². The van der Waals surface area contributed by atoms with Crippen molar-refractivity contribution in [3.8, 4) is 5.75 Å². The normalized spacial score (nSPS) is 10.8. The molecule has 0 bridgehead atoms. The summed E-state index contributed by atoms with van der Waals surface area (Å²) in [5.74, 6) is 0.924. The predicted octanol–water partition coefficient (Wildman–Crippen LogP) is 3.72. The molecule has 0 aliphatic rings. The third-order valence-corrected chi connectivity index (χ3v) is 3.35. The first kappa shape index (κ1) is 10.6. The van der Waals surface area contributed by atoms with Crippen molar-refractivity contribution in [3.05, 3.63) is 24.8 Å². The van der Waals surface area contributed by atoms with Crippen LogP contribution in [0.4, 0.5) is 0 Å². The fourth-order valence-electron chi connectivity index (χ4n) is 0.918. The monoisotopic (exact) mass is 388 g/mol. The van der Waals surface area contributed by atoms with Crippen molar-refractivity contribution in [2.75, 3.05) is 0 Å². The summed E-state index contributed by atoms with van der Waals surface area (Å²) in [6.07, 6.45) is 0. The lowest BCUT2D eigenvalue weighted by Crippen LogP contribution is -1.90. The number of rotatable bonds is 1. The molecule has 0 heterocycles. The maximum atomic E-state index is 9.50. The first-order valence-corrected chi connectivity index (χ1v) is 5.86. The standard InChI is InChI=1S/C9H10I2O/c1-5(2)6-3-7(10)9(12)8(11)4-6/h3-5,12H,1-2H3. The lowest BCUT2D eigenvalue weighted by Gasteiger charge is -2.08. The summed E-state index contributed by atoms with van der Waals surface area (Å²) in [5.41, 5.74) is 1.28. The second-order valence-corrected chi connectivity index (χ2v) is 5.31. The van der Waals surface area contributed by atoms with E-state index in [0.717, 1.165) is 7.14 Å². The van der Waals surface area contributed by atoms with Gasteiger partial charge in [0, 0.05) is 0 Å². The summed E-state index contributed by atoms with van der Waals surface area (Å²) >= 11 is 4.31. The zero-order chi connectivity index (χ0) is 9.30. The molecule has 0 saturated heterocycles. The average molecular weight is 388 g/mol. The summed E-state index contributed by atoms with van der Waals surface area (Å²) in [7, 11) is 0. The molecule has 1 nitrogen and oxygen atoms in total. The Bertz CT molecular complexity index is 272. The van der Waals surface area contributed by atoms with Gasteiger partial charge in [-0.1, -0.05) is 13.8 Å². The summed E-state index contributed by atoms with van der Waals surface area (Å²) in [6, 6.07) is 4.06. The molecule has 1 aromatic rings. The number of hydrogen-bond acceptors (Lipinski definition) is 1. The Balaban J connectivity index is 3.21. The molecule has 0 amide bonds. The van der Waals surface area contributed by atoms with Crippen LogP contribution < -0.4 is 0 Å². The second kappa shape index (κ2) is 4.13. The molecular formula is C9H10I2O. The minimum Gasteiger partial charge on any atom is -0.506 e. The van der Waals surface area contributed by atoms with Crippen LogP contribution in [0.25, 0.3) is 0 Å². The van der Waals surface area contributed by atoms with Crippen LogP contribution >= 0.6 is 45.2 Å². The molecule has 0 radical (unpaired) electrons. The Labute approximate surface area is 99.8 Å². The molecule has 0 aliphatic heterocycles. The molecule has 0 aromatic heterocycles. The van der Waals surface area contributed by atoms with Gasteiger partial charge in [-0.05, 0) is 68.8 Å². The van der Waals surface area contributed by atoms with Crippen LogP contribution in [0.15, 0.2) is 12.1 Å². The van der Waals surface area contributed by atoms with Crippen LogP contribution in [-0.2, 0) is 0 Å². The third kappa shape index (κ3) is 2.25. The maximum absolute atomic E-state index is 9.50. The highest BCUT2D eigenvalue weighted by Crippen LogP contribution is 2.29. The van der Waals surface area contributed by atoms with E-state index in [1.165, 1.54) is 5.56 Å². The van der Waals surface area contributed by atoms with Crippen LogP contribution in [0.2, 0.25) is 0 Å². The third-order valence-electron chi connectivity index (χ3n) is 1.71. The predicted molar refractivity (Wildman–Crippen MR) is 67.6 cm³/mol. The van der Waals surface area contributed by atoms with Crippen molar-refractivity contribution in [1.82, 2.24) is 0 Å². The van der Waals surface area contributed by atoms with Gasteiger partial charge in [0.15, 0.2) is 0 Å². The van der Waals surface area contributed by atoms with Gasteiger partial charge < -0.3 is 5.11 Å². The molecule has 0 spiro atoms. The molecule has 1 aromatic carbocycles.